The lowest BCUT2D eigenvalue weighted by Gasteiger charge is -2.26. The van der Waals surface area contributed by atoms with Gasteiger partial charge in [0.2, 0.25) is 0 Å². The molecule has 0 aliphatic carbocycles. The summed E-state index contributed by atoms with van der Waals surface area (Å²) < 4.78 is 5.57. The van der Waals surface area contributed by atoms with Gasteiger partial charge in [0.15, 0.2) is 0 Å². The number of pyridine rings is 1. The smallest absolute Gasteiger partial charge is 0.132 e. The van der Waals surface area contributed by atoms with Crippen molar-refractivity contribution in [3.05, 3.63) is 42.1 Å². The van der Waals surface area contributed by atoms with E-state index in [2.05, 4.69) is 31.2 Å². The minimum absolute atomic E-state index is 0.233. The van der Waals surface area contributed by atoms with E-state index in [9.17, 15) is 0 Å². The maximum absolute atomic E-state index is 5.57. The summed E-state index contributed by atoms with van der Waals surface area (Å²) in [4.78, 5) is 15.2. The van der Waals surface area contributed by atoms with Crippen LogP contribution in [0.3, 0.4) is 0 Å². The molecule has 0 saturated carbocycles. The van der Waals surface area contributed by atoms with Crippen LogP contribution in [0.1, 0.15) is 17.8 Å². The summed E-state index contributed by atoms with van der Waals surface area (Å²) in [7, 11) is 1.77. The summed E-state index contributed by atoms with van der Waals surface area (Å²) >= 11 is 0. The summed E-state index contributed by atoms with van der Waals surface area (Å²) in [5.41, 5.74) is 3.09. The van der Waals surface area contributed by atoms with Crippen molar-refractivity contribution in [3.8, 4) is 0 Å². The van der Waals surface area contributed by atoms with Crippen molar-refractivity contribution in [2.45, 2.75) is 32.4 Å². The lowest BCUT2D eigenvalue weighted by molar-refractivity contribution is 0.118. The van der Waals surface area contributed by atoms with Crippen LogP contribution in [0.25, 0.3) is 0 Å². The summed E-state index contributed by atoms with van der Waals surface area (Å²) in [6, 6.07) is 6.42. The first-order valence-electron chi connectivity index (χ1n) is 7.90. The first-order valence-corrected chi connectivity index (χ1v) is 7.90. The summed E-state index contributed by atoms with van der Waals surface area (Å²) in [5.74, 6) is 0.967. The average molecular weight is 313 g/mol. The Hall–Kier alpha value is -2.21. The normalized spacial score (nSPS) is 20.7. The van der Waals surface area contributed by atoms with E-state index >= 15 is 0 Å². The SMILES string of the molecule is CO[C@H]1C[C@@H](CNc2ccnc(C)c2)N(c2cc(C)ncn2)C1. The standard InChI is InChI=1S/C17H23N5O/c1-12-6-14(4-5-18-12)19-9-15-8-16(23-3)10-22(15)17-7-13(2)20-11-21-17/h4-7,11,15-16H,8-10H2,1-3H3,(H,18,19)/t15-,16-/m0/s1. The van der Waals surface area contributed by atoms with Gasteiger partial charge in [-0.1, -0.05) is 0 Å². The van der Waals surface area contributed by atoms with Gasteiger partial charge >= 0.3 is 0 Å². The molecule has 6 heteroatoms. The van der Waals surface area contributed by atoms with Gasteiger partial charge in [-0.25, -0.2) is 9.97 Å². The highest BCUT2D eigenvalue weighted by atomic mass is 16.5. The Balaban J connectivity index is 1.72. The quantitative estimate of drug-likeness (QED) is 0.913. The molecule has 1 aliphatic heterocycles. The molecule has 0 spiro atoms. The number of aromatic nitrogens is 3. The van der Waals surface area contributed by atoms with Gasteiger partial charge in [0.05, 0.1) is 12.1 Å². The monoisotopic (exact) mass is 313 g/mol. The van der Waals surface area contributed by atoms with Crippen LogP contribution in [0, 0.1) is 13.8 Å². The number of hydrogen-bond donors (Lipinski definition) is 1. The minimum Gasteiger partial charge on any atom is -0.383 e. The van der Waals surface area contributed by atoms with Crippen molar-refractivity contribution in [3.63, 3.8) is 0 Å². The number of anilines is 2. The van der Waals surface area contributed by atoms with E-state index in [0.29, 0.717) is 6.04 Å². The molecule has 2 aromatic heterocycles. The fourth-order valence-electron chi connectivity index (χ4n) is 3.01. The van der Waals surface area contributed by atoms with Crippen molar-refractivity contribution < 1.29 is 4.74 Å². The fraction of sp³-hybridized carbons (Fsp3) is 0.471. The second-order valence-corrected chi connectivity index (χ2v) is 5.98. The molecule has 122 valence electrons. The van der Waals surface area contributed by atoms with Gasteiger partial charge < -0.3 is 15.0 Å². The Kier molecular flexibility index (Phi) is 4.71. The maximum Gasteiger partial charge on any atom is 0.132 e. The largest absolute Gasteiger partial charge is 0.383 e. The Bertz CT molecular complexity index is 663. The lowest BCUT2D eigenvalue weighted by atomic mass is 10.2. The van der Waals surface area contributed by atoms with Crippen molar-refractivity contribution in [2.24, 2.45) is 0 Å². The van der Waals surface area contributed by atoms with Crippen molar-refractivity contribution in [2.75, 3.05) is 30.4 Å². The van der Waals surface area contributed by atoms with E-state index in [1.165, 1.54) is 0 Å². The maximum atomic E-state index is 5.57. The zero-order valence-electron chi connectivity index (χ0n) is 13.9. The van der Waals surface area contributed by atoms with E-state index in [4.69, 9.17) is 4.74 Å². The molecule has 3 heterocycles. The number of nitrogens with zero attached hydrogens (tertiary/aromatic N) is 4. The first-order chi connectivity index (χ1) is 11.2. The Morgan fingerprint density at radius 1 is 1.22 bits per heavy atom. The zero-order valence-corrected chi connectivity index (χ0v) is 13.9. The van der Waals surface area contributed by atoms with Crippen molar-refractivity contribution >= 4 is 11.5 Å². The van der Waals surface area contributed by atoms with E-state index < -0.39 is 0 Å². The summed E-state index contributed by atoms with van der Waals surface area (Å²) in [6.07, 6.45) is 4.67. The minimum atomic E-state index is 0.233. The molecule has 0 bridgehead atoms. The van der Waals surface area contributed by atoms with Gasteiger partial charge in [-0.2, -0.15) is 0 Å². The molecule has 1 aliphatic rings. The second kappa shape index (κ2) is 6.91. The number of methoxy groups -OCH3 is 1. The van der Waals surface area contributed by atoms with E-state index in [1.54, 1.807) is 13.4 Å². The molecule has 3 rings (SSSR count). The predicted octanol–water partition coefficient (Wildman–Crippen LogP) is 2.19. The predicted molar refractivity (Wildman–Crippen MR) is 90.8 cm³/mol. The molecule has 23 heavy (non-hydrogen) atoms. The second-order valence-electron chi connectivity index (χ2n) is 5.98. The molecule has 1 saturated heterocycles. The third kappa shape index (κ3) is 3.76. The van der Waals surface area contributed by atoms with Gasteiger partial charge in [-0.05, 0) is 32.4 Å². The summed E-state index contributed by atoms with van der Waals surface area (Å²) in [6.45, 7) is 5.68. The molecular weight excluding hydrogens is 290 g/mol. The van der Waals surface area contributed by atoms with Crippen LogP contribution in [-0.2, 0) is 4.74 Å². The fourth-order valence-corrected chi connectivity index (χ4v) is 3.01. The zero-order chi connectivity index (χ0) is 16.2. The van der Waals surface area contributed by atoms with Crippen molar-refractivity contribution in [1.29, 1.82) is 0 Å². The third-order valence-corrected chi connectivity index (χ3v) is 4.23. The molecule has 0 unspecified atom stereocenters. The molecule has 0 aromatic carbocycles. The number of aryl methyl sites for hydroxylation is 2. The summed E-state index contributed by atoms with van der Waals surface area (Å²) in [5, 5.41) is 3.51. The van der Waals surface area contributed by atoms with Crippen LogP contribution in [0.5, 0.6) is 0 Å². The van der Waals surface area contributed by atoms with Crippen molar-refractivity contribution in [1.82, 2.24) is 15.0 Å². The number of nitrogens with one attached hydrogen (secondary N) is 1. The number of rotatable bonds is 5. The van der Waals surface area contributed by atoms with Crippen LogP contribution in [0.2, 0.25) is 0 Å². The molecule has 1 fully saturated rings. The topological polar surface area (TPSA) is 63.2 Å². The van der Waals surface area contributed by atoms with E-state index in [1.807, 2.05) is 32.2 Å². The molecule has 2 aromatic rings. The molecule has 6 nitrogen and oxygen atoms in total. The highest BCUT2D eigenvalue weighted by molar-refractivity contribution is 5.46. The average Bonchev–Trinajstić information content (AvgIpc) is 2.96. The van der Waals surface area contributed by atoms with E-state index in [0.717, 1.165) is 42.4 Å². The van der Waals surface area contributed by atoms with Gasteiger partial charge in [0.25, 0.3) is 0 Å². The highest BCUT2D eigenvalue weighted by Crippen LogP contribution is 2.26. The van der Waals surface area contributed by atoms with Crippen LogP contribution < -0.4 is 10.2 Å². The highest BCUT2D eigenvalue weighted by Gasteiger charge is 2.32. The van der Waals surface area contributed by atoms with Crippen LogP contribution in [0.4, 0.5) is 11.5 Å². The molecule has 0 amide bonds. The molecular formula is C17H23N5O. The Labute approximate surface area is 136 Å². The van der Waals surface area contributed by atoms with Crippen LogP contribution in [-0.4, -0.2) is 47.3 Å². The Morgan fingerprint density at radius 2 is 2.04 bits per heavy atom. The first kappa shape index (κ1) is 15.7. The lowest BCUT2D eigenvalue weighted by Crippen LogP contribution is -2.35. The molecule has 1 N–H and O–H groups in total. The van der Waals surface area contributed by atoms with Crippen LogP contribution >= 0.6 is 0 Å². The Morgan fingerprint density at radius 3 is 2.78 bits per heavy atom. The van der Waals surface area contributed by atoms with Crippen LogP contribution in [0.15, 0.2) is 30.7 Å². The molecule has 0 radical (unpaired) electrons. The van der Waals surface area contributed by atoms with Gasteiger partial charge in [-0.3, -0.25) is 4.98 Å². The van der Waals surface area contributed by atoms with Gasteiger partial charge in [0, 0.05) is 49.5 Å². The molecule has 2 atom stereocenters. The van der Waals surface area contributed by atoms with Gasteiger partial charge in [0.1, 0.15) is 12.1 Å². The number of ether oxygens (including phenoxy) is 1. The number of hydrogen-bond acceptors (Lipinski definition) is 6. The van der Waals surface area contributed by atoms with Gasteiger partial charge in [-0.15, -0.1) is 0 Å². The van der Waals surface area contributed by atoms with E-state index in [-0.39, 0.29) is 6.10 Å². The third-order valence-electron chi connectivity index (χ3n) is 4.23.